The van der Waals surface area contributed by atoms with Gasteiger partial charge in [0, 0.05) is 19.0 Å². The van der Waals surface area contributed by atoms with E-state index >= 15 is 0 Å². The fourth-order valence-electron chi connectivity index (χ4n) is 1.59. The largest absolute Gasteiger partial charge is 0.490 e. The fourth-order valence-corrected chi connectivity index (χ4v) is 3.46. The summed E-state index contributed by atoms with van der Waals surface area (Å²) in [5, 5.41) is 0. The van der Waals surface area contributed by atoms with Crippen molar-refractivity contribution in [2.45, 2.75) is 25.9 Å². The van der Waals surface area contributed by atoms with Gasteiger partial charge in [-0.05, 0) is 59.8 Å². The average Bonchev–Trinajstić information content (AvgIpc) is 3.06. The highest BCUT2D eigenvalue weighted by atomic mass is 79.9. The van der Waals surface area contributed by atoms with Gasteiger partial charge in [-0.25, -0.2) is 0 Å². The van der Waals surface area contributed by atoms with Crippen molar-refractivity contribution in [3.8, 4) is 5.75 Å². The second-order valence-electron chi connectivity index (χ2n) is 4.32. The van der Waals surface area contributed by atoms with Crippen LogP contribution < -0.4 is 4.74 Å². The van der Waals surface area contributed by atoms with E-state index in [9.17, 15) is 0 Å². The van der Waals surface area contributed by atoms with E-state index in [0.29, 0.717) is 12.5 Å². The number of benzene rings is 1. The molecule has 2 rings (SSSR count). The lowest BCUT2D eigenvalue weighted by Gasteiger charge is -2.17. The molecule has 1 aliphatic rings. The summed E-state index contributed by atoms with van der Waals surface area (Å²) < 4.78 is 14.1. The molecule has 1 aliphatic heterocycles. The fraction of sp³-hybridized carbons (Fsp3) is 0.500. The van der Waals surface area contributed by atoms with Crippen LogP contribution in [0.2, 0.25) is 0 Å². The van der Waals surface area contributed by atoms with Gasteiger partial charge in [-0.1, -0.05) is 13.8 Å². The maximum absolute atomic E-state index is 5.83. The lowest BCUT2D eigenvalue weighted by molar-refractivity contribution is 0.260. The van der Waals surface area contributed by atoms with Gasteiger partial charge in [0.05, 0.1) is 6.61 Å². The maximum atomic E-state index is 5.83. The zero-order valence-electron chi connectivity index (χ0n) is 9.60. The van der Waals surface area contributed by atoms with Gasteiger partial charge in [0.15, 0.2) is 0 Å². The molecule has 1 heterocycles. The van der Waals surface area contributed by atoms with E-state index in [1.165, 1.54) is 5.56 Å². The Balaban J connectivity index is 2.33. The van der Waals surface area contributed by atoms with Crippen molar-refractivity contribution >= 4 is 47.8 Å². The zero-order chi connectivity index (χ0) is 12.6. The first-order valence-corrected chi connectivity index (χ1v) is 7.80. The van der Waals surface area contributed by atoms with Crippen LogP contribution >= 0.6 is 47.8 Å². The SMILES string of the molecule is CC(C)c1c(OCC2CO2)cc(Br)c(Br)c1Br. The number of hydrogen-bond acceptors (Lipinski definition) is 2. The molecule has 1 unspecified atom stereocenters. The first-order chi connectivity index (χ1) is 8.00. The zero-order valence-corrected chi connectivity index (χ0v) is 14.4. The van der Waals surface area contributed by atoms with E-state index in [-0.39, 0.29) is 6.10 Å². The topological polar surface area (TPSA) is 21.8 Å². The Hall–Kier alpha value is 0.420. The molecule has 0 saturated carbocycles. The highest BCUT2D eigenvalue weighted by molar-refractivity contribution is 9.14. The molecule has 0 aliphatic carbocycles. The maximum Gasteiger partial charge on any atom is 0.125 e. The second-order valence-corrected chi connectivity index (χ2v) is 6.76. The summed E-state index contributed by atoms with van der Waals surface area (Å²) in [6, 6.07) is 2.01. The number of ether oxygens (including phenoxy) is 2. The molecule has 1 atom stereocenters. The van der Waals surface area contributed by atoms with Crippen molar-refractivity contribution < 1.29 is 9.47 Å². The summed E-state index contributed by atoms with van der Waals surface area (Å²) in [5.74, 6) is 1.31. The lowest BCUT2D eigenvalue weighted by Crippen LogP contribution is -2.07. The molecule has 0 bridgehead atoms. The van der Waals surface area contributed by atoms with Crippen molar-refractivity contribution in [3.05, 3.63) is 25.0 Å². The molecule has 1 fully saturated rings. The highest BCUT2D eigenvalue weighted by Gasteiger charge is 2.25. The number of halogens is 3. The molecule has 17 heavy (non-hydrogen) atoms. The van der Waals surface area contributed by atoms with Crippen LogP contribution in [0.1, 0.15) is 25.3 Å². The minimum absolute atomic E-state index is 0.274. The van der Waals surface area contributed by atoms with E-state index in [1.54, 1.807) is 0 Å². The summed E-state index contributed by atoms with van der Waals surface area (Å²) in [5.41, 5.74) is 1.18. The predicted octanol–water partition coefficient (Wildman–Crippen LogP) is 4.88. The second kappa shape index (κ2) is 5.59. The Kier molecular flexibility index (Phi) is 4.55. The molecule has 2 nitrogen and oxygen atoms in total. The van der Waals surface area contributed by atoms with Gasteiger partial charge >= 0.3 is 0 Å². The first-order valence-electron chi connectivity index (χ1n) is 5.42. The van der Waals surface area contributed by atoms with Crippen LogP contribution in [0.3, 0.4) is 0 Å². The van der Waals surface area contributed by atoms with Crippen molar-refractivity contribution in [2.75, 3.05) is 13.2 Å². The molecule has 0 radical (unpaired) electrons. The van der Waals surface area contributed by atoms with Gasteiger partial charge in [-0.2, -0.15) is 0 Å². The Bertz CT molecular complexity index is 428. The van der Waals surface area contributed by atoms with E-state index in [1.807, 2.05) is 6.07 Å². The Morgan fingerprint density at radius 2 is 2.00 bits per heavy atom. The van der Waals surface area contributed by atoms with Crippen molar-refractivity contribution in [1.82, 2.24) is 0 Å². The smallest absolute Gasteiger partial charge is 0.125 e. The van der Waals surface area contributed by atoms with Crippen LogP contribution in [0, 0.1) is 0 Å². The molecule has 94 valence electrons. The summed E-state index contributed by atoms with van der Waals surface area (Å²) in [7, 11) is 0. The number of rotatable bonds is 4. The van der Waals surface area contributed by atoms with Gasteiger partial charge in [0.1, 0.15) is 18.5 Å². The Labute approximate surface area is 126 Å². The molecular weight excluding hydrogens is 416 g/mol. The van der Waals surface area contributed by atoms with Gasteiger partial charge in [0.25, 0.3) is 0 Å². The summed E-state index contributed by atoms with van der Waals surface area (Å²) in [6.45, 7) is 5.75. The van der Waals surface area contributed by atoms with Gasteiger partial charge < -0.3 is 9.47 Å². The molecule has 0 aromatic heterocycles. The van der Waals surface area contributed by atoms with Crippen LogP contribution in [-0.4, -0.2) is 19.3 Å². The standard InChI is InChI=1S/C12H13Br3O2/c1-6(2)10-9(17-5-7-4-16-7)3-8(13)11(14)12(10)15/h3,6-7H,4-5H2,1-2H3. The van der Waals surface area contributed by atoms with Crippen LogP contribution in [0.5, 0.6) is 5.75 Å². The van der Waals surface area contributed by atoms with Crippen molar-refractivity contribution in [3.63, 3.8) is 0 Å². The van der Waals surface area contributed by atoms with Crippen molar-refractivity contribution in [2.24, 2.45) is 0 Å². The Morgan fingerprint density at radius 3 is 2.53 bits per heavy atom. The first kappa shape index (κ1) is 13.8. The van der Waals surface area contributed by atoms with E-state index in [0.717, 1.165) is 25.8 Å². The third-order valence-corrected chi connectivity index (χ3v) is 5.90. The molecule has 0 amide bonds. The number of epoxide rings is 1. The van der Waals surface area contributed by atoms with Crippen LogP contribution in [0.4, 0.5) is 0 Å². The minimum Gasteiger partial charge on any atom is -0.490 e. The van der Waals surface area contributed by atoms with Gasteiger partial charge in [0.2, 0.25) is 0 Å². The molecular formula is C12H13Br3O2. The van der Waals surface area contributed by atoms with E-state index in [4.69, 9.17) is 9.47 Å². The molecule has 0 N–H and O–H groups in total. The molecule has 1 aromatic carbocycles. The number of hydrogen-bond donors (Lipinski definition) is 0. The van der Waals surface area contributed by atoms with E-state index in [2.05, 4.69) is 61.6 Å². The summed E-state index contributed by atoms with van der Waals surface area (Å²) in [4.78, 5) is 0. The lowest BCUT2D eigenvalue weighted by atomic mass is 10.0. The third kappa shape index (κ3) is 3.25. The predicted molar refractivity (Wildman–Crippen MR) is 78.9 cm³/mol. The van der Waals surface area contributed by atoms with E-state index < -0.39 is 0 Å². The summed E-state index contributed by atoms with van der Waals surface area (Å²) >= 11 is 10.7. The quantitative estimate of drug-likeness (QED) is 0.504. The molecule has 1 aromatic rings. The normalized spacial score (nSPS) is 18.6. The van der Waals surface area contributed by atoms with Gasteiger partial charge in [-0.15, -0.1) is 0 Å². The third-order valence-electron chi connectivity index (χ3n) is 2.57. The van der Waals surface area contributed by atoms with Crippen LogP contribution in [-0.2, 0) is 4.74 Å². The molecule has 0 spiro atoms. The highest BCUT2D eigenvalue weighted by Crippen LogP contribution is 2.42. The Morgan fingerprint density at radius 1 is 1.35 bits per heavy atom. The van der Waals surface area contributed by atoms with Crippen molar-refractivity contribution in [1.29, 1.82) is 0 Å². The average molecular weight is 429 g/mol. The monoisotopic (exact) mass is 426 g/mol. The molecule has 5 heteroatoms. The van der Waals surface area contributed by atoms with Crippen LogP contribution in [0.15, 0.2) is 19.5 Å². The summed E-state index contributed by atoms with van der Waals surface area (Å²) in [6.07, 6.45) is 0.274. The molecule has 1 saturated heterocycles. The van der Waals surface area contributed by atoms with Gasteiger partial charge in [-0.3, -0.25) is 0 Å². The minimum atomic E-state index is 0.274. The van der Waals surface area contributed by atoms with Crippen LogP contribution in [0.25, 0.3) is 0 Å².